The van der Waals surface area contributed by atoms with Crippen molar-refractivity contribution in [3.05, 3.63) is 50.6 Å². The fraction of sp³-hybridized carbons (Fsp3) is 0.704. The minimum absolute atomic E-state index is 0. The zero-order valence-corrected chi connectivity index (χ0v) is 15.8. The van der Waals surface area contributed by atoms with E-state index < -0.39 is 0 Å². The highest BCUT2D eigenvalue weighted by atomic mass is 35.5. The molecule has 178 valence electrons. The maximum atomic E-state index is 5.82. The van der Waals surface area contributed by atoms with Crippen LogP contribution < -0.4 is 0 Å². The van der Waals surface area contributed by atoms with E-state index in [1.165, 1.54) is 25.7 Å². The average molecular weight is 452 g/mol. The Morgan fingerprint density at radius 3 is 1.24 bits per heavy atom. The van der Waals surface area contributed by atoms with Crippen LogP contribution in [0.1, 0.15) is 76.7 Å². The van der Waals surface area contributed by atoms with E-state index in [1.807, 2.05) is 12.2 Å². The summed E-state index contributed by atoms with van der Waals surface area (Å²) in [5.74, 6) is 5.59. The van der Waals surface area contributed by atoms with E-state index in [1.54, 1.807) is 0 Å². The molecule has 0 aromatic carbocycles. The van der Waals surface area contributed by atoms with E-state index in [0.29, 0.717) is 29.6 Å². The lowest BCUT2D eigenvalue weighted by Gasteiger charge is -2.13. The van der Waals surface area contributed by atoms with Gasteiger partial charge in [0.2, 0.25) is 0 Å². The fourth-order valence-corrected chi connectivity index (χ4v) is 4.65. The van der Waals surface area contributed by atoms with Crippen LogP contribution in [0.5, 0.6) is 0 Å². The van der Waals surface area contributed by atoms with Gasteiger partial charge in [-0.3, -0.25) is 0 Å². The summed E-state index contributed by atoms with van der Waals surface area (Å²) in [5, 5.41) is 0. The van der Waals surface area contributed by atoms with E-state index >= 15 is 0 Å². The normalized spacial score (nSPS) is 28.5. The summed E-state index contributed by atoms with van der Waals surface area (Å²) >= 11 is 11.6. The zero-order chi connectivity index (χ0) is 17.2. The Morgan fingerprint density at radius 2 is 0.966 bits per heavy atom. The first-order valence-electron chi connectivity index (χ1n) is 8.75. The number of allylic oxidation sites excluding steroid dienone is 4. The summed E-state index contributed by atoms with van der Waals surface area (Å²) in [7, 11) is 0. The molecular formula is C27H56Cl2. The molecule has 29 heavy (non-hydrogen) atoms. The van der Waals surface area contributed by atoms with Crippen molar-refractivity contribution in [3.63, 3.8) is 0 Å². The maximum Gasteiger partial charge on any atom is 0.0257 e. The van der Waals surface area contributed by atoms with Crippen molar-refractivity contribution in [2.24, 2.45) is 35.5 Å². The molecule has 2 rings (SSSR count). The Bertz CT molecular complexity index is 388. The van der Waals surface area contributed by atoms with Gasteiger partial charge in [0.05, 0.1) is 0 Å². The van der Waals surface area contributed by atoms with Gasteiger partial charge in [0.1, 0.15) is 0 Å². The van der Waals surface area contributed by atoms with Gasteiger partial charge >= 0.3 is 0 Å². The van der Waals surface area contributed by atoms with Gasteiger partial charge in [0.25, 0.3) is 0 Å². The highest BCUT2D eigenvalue weighted by Crippen LogP contribution is 2.39. The molecule has 0 bridgehead atoms. The molecule has 0 radical (unpaired) electrons. The van der Waals surface area contributed by atoms with Gasteiger partial charge in [0.15, 0.2) is 0 Å². The Balaban J connectivity index is -0.0000000757. The second-order valence-electron chi connectivity index (χ2n) is 6.89. The van der Waals surface area contributed by atoms with Crippen LogP contribution in [-0.2, 0) is 0 Å². The minimum Gasteiger partial charge on any atom is -0.127 e. The Labute approximate surface area is 197 Å². The molecule has 2 aliphatic carbocycles. The van der Waals surface area contributed by atoms with Crippen molar-refractivity contribution in [1.82, 2.24) is 0 Å². The van der Waals surface area contributed by atoms with Crippen LogP contribution in [0.15, 0.2) is 50.6 Å². The molecule has 0 nitrogen and oxygen atoms in total. The Morgan fingerprint density at radius 1 is 0.586 bits per heavy atom. The maximum absolute atomic E-state index is 5.82. The van der Waals surface area contributed by atoms with E-state index in [4.69, 9.17) is 23.2 Å². The summed E-state index contributed by atoms with van der Waals surface area (Å²) in [6.45, 7) is 15.3. The van der Waals surface area contributed by atoms with Crippen molar-refractivity contribution in [2.75, 3.05) is 11.8 Å². The standard InChI is InChI=1S/C11H17Cl.C10H15Cl.6CH4/c1-3-9-7-10(4-2)11(8-9)5-6-12;1-3-8-5-9(4-2)10(6-8)7-11;;;;;;/h3-4,9-11H,1-2,5-8H2;3-4,8-10H,1-2,5-7H2;6*1H4. The molecule has 6 atom stereocenters. The lowest BCUT2D eigenvalue weighted by Crippen LogP contribution is -2.05. The molecule has 6 unspecified atom stereocenters. The molecule has 0 heterocycles. The average Bonchev–Trinajstić information content (AvgIpc) is 3.18. The third kappa shape index (κ3) is 13.5. The van der Waals surface area contributed by atoms with Gasteiger partial charge < -0.3 is 0 Å². The van der Waals surface area contributed by atoms with Crippen LogP contribution in [0, 0.1) is 35.5 Å². The summed E-state index contributed by atoms with van der Waals surface area (Å²) in [4.78, 5) is 0. The quantitative estimate of drug-likeness (QED) is 0.267. The summed E-state index contributed by atoms with van der Waals surface area (Å²) in [6.07, 6.45) is 14.3. The fourth-order valence-electron chi connectivity index (χ4n) is 4.02. The van der Waals surface area contributed by atoms with Gasteiger partial charge in [-0.25, -0.2) is 0 Å². The van der Waals surface area contributed by atoms with Gasteiger partial charge in [-0.15, -0.1) is 49.5 Å². The molecule has 0 saturated heterocycles. The van der Waals surface area contributed by atoms with Crippen LogP contribution in [0.3, 0.4) is 0 Å². The van der Waals surface area contributed by atoms with E-state index in [0.717, 1.165) is 24.1 Å². The number of hydrogen-bond donors (Lipinski definition) is 0. The molecule has 0 aromatic rings. The minimum atomic E-state index is 0. The molecule has 0 aliphatic heterocycles. The second-order valence-corrected chi connectivity index (χ2v) is 7.57. The van der Waals surface area contributed by atoms with E-state index in [-0.39, 0.29) is 44.6 Å². The van der Waals surface area contributed by atoms with E-state index in [2.05, 4.69) is 38.5 Å². The van der Waals surface area contributed by atoms with Crippen LogP contribution in [-0.4, -0.2) is 11.8 Å². The molecule has 0 amide bonds. The molecular weight excluding hydrogens is 395 g/mol. The molecule has 2 aliphatic rings. The Hall–Kier alpha value is -0.460. The van der Waals surface area contributed by atoms with Crippen LogP contribution in [0.4, 0.5) is 0 Å². The monoisotopic (exact) mass is 450 g/mol. The SMILES string of the molecule is C.C.C.C.C.C.C=CC1CC(C=C)C(CCCl)C1.C=CC1CC(C=C)C(CCl)C1. The molecule has 2 saturated carbocycles. The molecule has 2 heteroatoms. The number of alkyl halides is 2. The molecule has 2 fully saturated rings. The predicted octanol–water partition coefficient (Wildman–Crippen LogP) is 10.7. The zero-order valence-electron chi connectivity index (χ0n) is 14.3. The molecule has 0 aromatic heterocycles. The lowest BCUT2D eigenvalue weighted by atomic mass is 9.94. The third-order valence-electron chi connectivity index (χ3n) is 5.52. The lowest BCUT2D eigenvalue weighted by molar-refractivity contribution is 0.446. The number of hydrogen-bond acceptors (Lipinski definition) is 0. The predicted molar refractivity (Wildman–Crippen MR) is 147 cm³/mol. The summed E-state index contributed by atoms with van der Waals surface area (Å²) < 4.78 is 0. The summed E-state index contributed by atoms with van der Waals surface area (Å²) in [5.41, 5.74) is 0. The van der Waals surface area contributed by atoms with Gasteiger partial charge in [0, 0.05) is 11.8 Å². The number of halogens is 2. The summed E-state index contributed by atoms with van der Waals surface area (Å²) in [6, 6.07) is 0. The molecule has 0 spiro atoms. The molecule has 0 N–H and O–H groups in total. The van der Waals surface area contributed by atoms with Gasteiger partial charge in [-0.1, -0.05) is 68.9 Å². The third-order valence-corrected chi connectivity index (χ3v) is 6.14. The van der Waals surface area contributed by atoms with Crippen molar-refractivity contribution < 1.29 is 0 Å². The number of rotatable bonds is 7. The van der Waals surface area contributed by atoms with Crippen molar-refractivity contribution >= 4 is 23.2 Å². The highest BCUT2D eigenvalue weighted by molar-refractivity contribution is 6.18. The highest BCUT2D eigenvalue weighted by Gasteiger charge is 2.30. The van der Waals surface area contributed by atoms with E-state index in [9.17, 15) is 0 Å². The smallest absolute Gasteiger partial charge is 0.0257 e. The van der Waals surface area contributed by atoms with Crippen LogP contribution in [0.25, 0.3) is 0 Å². The topological polar surface area (TPSA) is 0 Å². The van der Waals surface area contributed by atoms with Gasteiger partial charge in [-0.2, -0.15) is 0 Å². The van der Waals surface area contributed by atoms with Gasteiger partial charge in [-0.05, 0) is 67.6 Å². The van der Waals surface area contributed by atoms with Crippen molar-refractivity contribution in [3.8, 4) is 0 Å². The van der Waals surface area contributed by atoms with Crippen molar-refractivity contribution in [1.29, 1.82) is 0 Å². The second kappa shape index (κ2) is 23.8. The van der Waals surface area contributed by atoms with Crippen LogP contribution >= 0.6 is 23.2 Å². The van der Waals surface area contributed by atoms with Crippen LogP contribution in [0.2, 0.25) is 0 Å². The first-order valence-corrected chi connectivity index (χ1v) is 9.82. The first-order chi connectivity index (χ1) is 11.1. The van der Waals surface area contributed by atoms with Crippen molar-refractivity contribution in [2.45, 2.75) is 76.7 Å². The first kappa shape index (κ1) is 42.6. The largest absolute Gasteiger partial charge is 0.127 e. The Kier molecular flexibility index (Phi) is 35.0.